The van der Waals surface area contributed by atoms with Crippen molar-refractivity contribution < 1.29 is 4.92 Å². The Morgan fingerprint density at radius 1 is 1.50 bits per heavy atom. The maximum absolute atomic E-state index is 10.4. The molecular weight excluding hydrogens is 222 g/mol. The van der Waals surface area contributed by atoms with Gasteiger partial charge in [0.05, 0.1) is 15.1 Å². The number of nitro benzene ring substituents is 1. The van der Waals surface area contributed by atoms with Gasteiger partial charge in [-0.15, -0.1) is 0 Å². The van der Waals surface area contributed by atoms with Crippen LogP contribution in [0.25, 0.3) is 10.2 Å². The molecule has 5 nitrogen and oxygen atoms in total. The second-order valence-electron chi connectivity index (χ2n) is 2.46. The molecule has 2 N–H and O–H groups in total. The van der Waals surface area contributed by atoms with Crippen LogP contribution in [0.3, 0.4) is 0 Å². The minimum Gasteiger partial charge on any atom is -0.375 e. The van der Waals surface area contributed by atoms with Crippen LogP contribution in [0.4, 0.5) is 10.8 Å². The van der Waals surface area contributed by atoms with Gasteiger partial charge in [0.25, 0.3) is 5.69 Å². The van der Waals surface area contributed by atoms with Crippen molar-refractivity contribution in [2.75, 3.05) is 5.73 Å². The molecule has 0 radical (unpaired) electrons. The van der Waals surface area contributed by atoms with Crippen LogP contribution in [0.15, 0.2) is 18.2 Å². The average Bonchev–Trinajstić information content (AvgIpc) is 2.42. The van der Waals surface area contributed by atoms with Crippen molar-refractivity contribution in [3.05, 3.63) is 28.3 Å². The van der Waals surface area contributed by atoms with Gasteiger partial charge < -0.3 is 5.73 Å². The molecule has 1 aromatic heterocycles. The molecule has 0 saturated heterocycles. The van der Waals surface area contributed by atoms with Crippen LogP contribution in [-0.4, -0.2) is 9.91 Å². The van der Waals surface area contributed by atoms with E-state index in [2.05, 4.69) is 4.98 Å². The van der Waals surface area contributed by atoms with Crippen LogP contribution >= 0.6 is 24.8 Å². The number of nitro groups is 1. The van der Waals surface area contributed by atoms with Crippen molar-refractivity contribution in [2.45, 2.75) is 0 Å². The standard InChI is InChI=1S/C7H5N3O2S.H2S/c8-7-9-5-2-1-4(10(11)12)3-6(5)13-7;/h1-3H,(H2,8,9);1H2. The van der Waals surface area contributed by atoms with Crippen molar-refractivity contribution in [1.29, 1.82) is 0 Å². The number of nitrogens with two attached hydrogens (primary N) is 1. The number of nitrogen functional groups attached to an aromatic ring is 1. The van der Waals surface area contributed by atoms with Gasteiger partial charge >= 0.3 is 0 Å². The van der Waals surface area contributed by atoms with E-state index in [1.54, 1.807) is 6.07 Å². The van der Waals surface area contributed by atoms with Gasteiger partial charge in [-0.1, -0.05) is 11.3 Å². The molecule has 0 spiro atoms. The first-order valence-electron chi connectivity index (χ1n) is 3.47. The molecule has 1 heterocycles. The van der Waals surface area contributed by atoms with Gasteiger partial charge in [0.15, 0.2) is 5.13 Å². The topological polar surface area (TPSA) is 82.0 Å². The maximum atomic E-state index is 10.4. The molecule has 0 amide bonds. The van der Waals surface area contributed by atoms with E-state index in [-0.39, 0.29) is 19.2 Å². The number of rotatable bonds is 1. The van der Waals surface area contributed by atoms with Gasteiger partial charge in [0, 0.05) is 12.1 Å². The Labute approximate surface area is 90.2 Å². The third kappa shape index (κ3) is 1.78. The predicted molar refractivity (Wildman–Crippen MR) is 61.1 cm³/mol. The van der Waals surface area contributed by atoms with Crippen LogP contribution in [0.1, 0.15) is 0 Å². The fourth-order valence-corrected chi connectivity index (χ4v) is 1.81. The minimum absolute atomic E-state index is 0. The summed E-state index contributed by atoms with van der Waals surface area (Å²) in [7, 11) is 0. The zero-order chi connectivity index (χ0) is 9.42. The molecule has 14 heavy (non-hydrogen) atoms. The third-order valence-corrected chi connectivity index (χ3v) is 2.45. The van der Waals surface area contributed by atoms with Crippen molar-refractivity contribution in [1.82, 2.24) is 4.98 Å². The number of hydrogen-bond donors (Lipinski definition) is 1. The number of benzene rings is 1. The van der Waals surface area contributed by atoms with E-state index in [1.807, 2.05) is 0 Å². The van der Waals surface area contributed by atoms with Crippen LogP contribution in [0.2, 0.25) is 0 Å². The Hall–Kier alpha value is -1.34. The smallest absolute Gasteiger partial charge is 0.270 e. The molecule has 2 aromatic rings. The number of anilines is 1. The van der Waals surface area contributed by atoms with E-state index in [0.717, 1.165) is 4.70 Å². The number of aromatic nitrogens is 1. The Morgan fingerprint density at radius 2 is 2.21 bits per heavy atom. The zero-order valence-electron chi connectivity index (χ0n) is 6.93. The summed E-state index contributed by atoms with van der Waals surface area (Å²) < 4.78 is 0.742. The Bertz CT molecular complexity index is 483. The number of hydrogen-bond acceptors (Lipinski definition) is 5. The lowest BCUT2D eigenvalue weighted by molar-refractivity contribution is -0.384. The summed E-state index contributed by atoms with van der Waals surface area (Å²) in [5, 5.41) is 10.8. The SMILES string of the molecule is Nc1nc2ccc([N+](=O)[O-])cc2s1.S. The lowest BCUT2D eigenvalue weighted by atomic mass is 10.3. The average molecular weight is 229 g/mol. The van der Waals surface area contributed by atoms with E-state index in [1.165, 1.54) is 23.5 Å². The molecule has 0 fully saturated rings. The summed E-state index contributed by atoms with van der Waals surface area (Å²) in [6, 6.07) is 4.49. The summed E-state index contributed by atoms with van der Waals surface area (Å²) in [4.78, 5) is 14.0. The van der Waals surface area contributed by atoms with Gasteiger partial charge in [-0.3, -0.25) is 10.1 Å². The third-order valence-electron chi connectivity index (χ3n) is 1.60. The van der Waals surface area contributed by atoms with Crippen molar-refractivity contribution in [3.8, 4) is 0 Å². The van der Waals surface area contributed by atoms with Crippen molar-refractivity contribution in [3.63, 3.8) is 0 Å². The lowest BCUT2D eigenvalue weighted by Crippen LogP contribution is -1.85. The number of thiazole rings is 1. The second kappa shape index (κ2) is 3.81. The summed E-state index contributed by atoms with van der Waals surface area (Å²) >= 11 is 1.25. The highest BCUT2D eigenvalue weighted by molar-refractivity contribution is 7.59. The summed E-state index contributed by atoms with van der Waals surface area (Å²) in [5.74, 6) is 0. The first-order chi connectivity index (χ1) is 6.16. The fourth-order valence-electron chi connectivity index (χ4n) is 1.04. The summed E-state index contributed by atoms with van der Waals surface area (Å²) in [6.07, 6.45) is 0. The monoisotopic (exact) mass is 229 g/mol. The van der Waals surface area contributed by atoms with Gasteiger partial charge in [0.1, 0.15) is 0 Å². The first kappa shape index (κ1) is 10.7. The van der Waals surface area contributed by atoms with Gasteiger partial charge in [-0.25, -0.2) is 4.98 Å². The molecule has 0 unspecified atom stereocenters. The molecule has 1 aromatic carbocycles. The zero-order valence-corrected chi connectivity index (χ0v) is 8.75. The van der Waals surface area contributed by atoms with Gasteiger partial charge in [0.2, 0.25) is 0 Å². The molecule has 0 aliphatic rings. The molecule has 0 atom stereocenters. The molecule has 0 bridgehead atoms. The highest BCUT2D eigenvalue weighted by atomic mass is 32.1. The van der Waals surface area contributed by atoms with E-state index in [0.29, 0.717) is 10.6 Å². The van der Waals surface area contributed by atoms with Crippen LogP contribution < -0.4 is 5.73 Å². The van der Waals surface area contributed by atoms with Crippen LogP contribution in [-0.2, 0) is 0 Å². The van der Waals surface area contributed by atoms with Crippen LogP contribution in [0, 0.1) is 10.1 Å². The molecule has 0 aliphatic carbocycles. The lowest BCUT2D eigenvalue weighted by Gasteiger charge is -1.88. The summed E-state index contributed by atoms with van der Waals surface area (Å²) in [6.45, 7) is 0. The maximum Gasteiger partial charge on any atom is 0.270 e. The largest absolute Gasteiger partial charge is 0.375 e. The second-order valence-corrected chi connectivity index (χ2v) is 3.52. The molecule has 0 saturated carbocycles. The Balaban J connectivity index is 0.000000980. The molecule has 0 aliphatic heterocycles. The first-order valence-corrected chi connectivity index (χ1v) is 4.29. The molecular formula is C7H7N3O2S2. The normalized spacial score (nSPS) is 9.71. The molecule has 7 heteroatoms. The van der Waals surface area contributed by atoms with E-state index in [4.69, 9.17) is 5.73 Å². The Kier molecular flexibility index (Phi) is 2.92. The van der Waals surface area contributed by atoms with Crippen LogP contribution in [0.5, 0.6) is 0 Å². The quantitative estimate of drug-likeness (QED) is 0.598. The molecule has 2 rings (SSSR count). The number of nitrogens with zero attached hydrogens (tertiary/aromatic N) is 2. The highest BCUT2D eigenvalue weighted by Gasteiger charge is 2.08. The summed E-state index contributed by atoms with van der Waals surface area (Å²) in [5.41, 5.74) is 6.22. The minimum atomic E-state index is -0.435. The van der Waals surface area contributed by atoms with Crippen molar-refractivity contribution >= 4 is 45.9 Å². The fraction of sp³-hybridized carbons (Fsp3) is 0. The predicted octanol–water partition coefficient (Wildman–Crippen LogP) is 1.90. The number of non-ortho nitro benzene ring substituents is 1. The highest BCUT2D eigenvalue weighted by Crippen LogP contribution is 2.27. The Morgan fingerprint density at radius 3 is 2.86 bits per heavy atom. The van der Waals surface area contributed by atoms with Gasteiger partial charge in [-0.2, -0.15) is 13.5 Å². The van der Waals surface area contributed by atoms with E-state index in [9.17, 15) is 10.1 Å². The van der Waals surface area contributed by atoms with E-state index >= 15 is 0 Å². The number of fused-ring (bicyclic) bond motifs is 1. The van der Waals surface area contributed by atoms with Gasteiger partial charge in [-0.05, 0) is 6.07 Å². The van der Waals surface area contributed by atoms with Crippen molar-refractivity contribution in [2.24, 2.45) is 0 Å². The molecule has 74 valence electrons. The van der Waals surface area contributed by atoms with E-state index < -0.39 is 4.92 Å².